The fourth-order valence-corrected chi connectivity index (χ4v) is 1.50. The van der Waals surface area contributed by atoms with Crippen LogP contribution < -0.4 is 5.73 Å². The van der Waals surface area contributed by atoms with Crippen LogP contribution in [0.4, 0.5) is 0 Å². The molecular weight excluding hydrogens is 138 g/mol. The highest BCUT2D eigenvalue weighted by atomic mass is 16.5. The lowest BCUT2D eigenvalue weighted by atomic mass is 9.94. The molecular formula is C9H15NO. The molecule has 0 spiro atoms. The Balaban J connectivity index is 2.18. The Kier molecular flexibility index (Phi) is 3.41. The van der Waals surface area contributed by atoms with E-state index in [-0.39, 0.29) is 0 Å². The standard InChI is InChI=1S/C9H15NO/c1-2-6-11-9-5-3-4-8(10)7-9/h1,8-9H,3-7,10H2. The molecule has 2 N–H and O–H groups in total. The normalized spacial score (nSPS) is 31.3. The van der Waals surface area contributed by atoms with Crippen molar-refractivity contribution < 1.29 is 4.74 Å². The van der Waals surface area contributed by atoms with E-state index in [0.29, 0.717) is 18.8 Å². The molecule has 1 fully saturated rings. The van der Waals surface area contributed by atoms with E-state index < -0.39 is 0 Å². The van der Waals surface area contributed by atoms with E-state index in [1.54, 1.807) is 0 Å². The first-order valence-electron chi connectivity index (χ1n) is 4.13. The van der Waals surface area contributed by atoms with Crippen molar-refractivity contribution in [2.75, 3.05) is 6.61 Å². The Morgan fingerprint density at radius 3 is 3.00 bits per heavy atom. The second kappa shape index (κ2) is 4.38. The average Bonchev–Trinajstić information content (AvgIpc) is 2.01. The summed E-state index contributed by atoms with van der Waals surface area (Å²) in [5.74, 6) is 2.47. The molecule has 0 aromatic rings. The van der Waals surface area contributed by atoms with Gasteiger partial charge in [0.2, 0.25) is 0 Å². The molecule has 62 valence electrons. The second-order valence-corrected chi connectivity index (χ2v) is 3.06. The van der Waals surface area contributed by atoms with Crippen LogP contribution >= 0.6 is 0 Å². The molecule has 0 heterocycles. The van der Waals surface area contributed by atoms with Crippen LogP contribution in [0.5, 0.6) is 0 Å². The molecule has 0 aromatic heterocycles. The van der Waals surface area contributed by atoms with Gasteiger partial charge < -0.3 is 10.5 Å². The Labute approximate surface area is 68.1 Å². The highest BCUT2D eigenvalue weighted by molar-refractivity contribution is 4.84. The minimum Gasteiger partial charge on any atom is -0.366 e. The molecule has 1 aliphatic carbocycles. The van der Waals surface area contributed by atoms with Gasteiger partial charge in [-0.1, -0.05) is 5.92 Å². The predicted molar refractivity (Wildman–Crippen MR) is 45.0 cm³/mol. The summed E-state index contributed by atoms with van der Waals surface area (Å²) in [4.78, 5) is 0. The zero-order chi connectivity index (χ0) is 8.10. The molecule has 1 rings (SSSR count). The van der Waals surface area contributed by atoms with Crippen molar-refractivity contribution in [3.8, 4) is 12.3 Å². The van der Waals surface area contributed by atoms with E-state index in [4.69, 9.17) is 16.9 Å². The molecule has 2 nitrogen and oxygen atoms in total. The summed E-state index contributed by atoms with van der Waals surface area (Å²) in [5, 5.41) is 0. The van der Waals surface area contributed by atoms with Crippen LogP contribution in [0.15, 0.2) is 0 Å². The van der Waals surface area contributed by atoms with E-state index in [1.807, 2.05) is 0 Å². The van der Waals surface area contributed by atoms with Crippen LogP contribution in [-0.2, 0) is 4.74 Å². The molecule has 1 aliphatic rings. The van der Waals surface area contributed by atoms with Crippen molar-refractivity contribution in [3.63, 3.8) is 0 Å². The minimum absolute atomic E-state index is 0.315. The van der Waals surface area contributed by atoms with Crippen molar-refractivity contribution in [2.45, 2.75) is 37.8 Å². The van der Waals surface area contributed by atoms with Gasteiger partial charge in [0.1, 0.15) is 6.61 Å². The first kappa shape index (κ1) is 8.58. The van der Waals surface area contributed by atoms with Gasteiger partial charge in [-0.05, 0) is 25.7 Å². The quantitative estimate of drug-likeness (QED) is 0.598. The van der Waals surface area contributed by atoms with Gasteiger partial charge in [-0.25, -0.2) is 0 Å². The Morgan fingerprint density at radius 2 is 2.36 bits per heavy atom. The summed E-state index contributed by atoms with van der Waals surface area (Å²) in [6.45, 7) is 0.428. The van der Waals surface area contributed by atoms with Gasteiger partial charge in [-0.2, -0.15) is 0 Å². The van der Waals surface area contributed by atoms with E-state index >= 15 is 0 Å². The molecule has 11 heavy (non-hydrogen) atoms. The van der Waals surface area contributed by atoms with Crippen LogP contribution in [0.3, 0.4) is 0 Å². The summed E-state index contributed by atoms with van der Waals surface area (Å²) in [6, 6.07) is 0.325. The highest BCUT2D eigenvalue weighted by Gasteiger charge is 2.18. The Morgan fingerprint density at radius 1 is 1.55 bits per heavy atom. The predicted octanol–water partition coefficient (Wildman–Crippen LogP) is 0.906. The summed E-state index contributed by atoms with van der Waals surface area (Å²) >= 11 is 0. The zero-order valence-corrected chi connectivity index (χ0v) is 6.75. The van der Waals surface area contributed by atoms with Gasteiger partial charge in [0.15, 0.2) is 0 Å². The first-order valence-corrected chi connectivity index (χ1v) is 4.13. The van der Waals surface area contributed by atoms with Crippen molar-refractivity contribution in [2.24, 2.45) is 5.73 Å². The van der Waals surface area contributed by atoms with Crippen molar-refractivity contribution >= 4 is 0 Å². The fourth-order valence-electron chi connectivity index (χ4n) is 1.50. The third-order valence-electron chi connectivity index (χ3n) is 2.07. The maximum Gasteiger partial charge on any atom is 0.107 e. The van der Waals surface area contributed by atoms with E-state index in [0.717, 1.165) is 19.3 Å². The topological polar surface area (TPSA) is 35.2 Å². The number of hydrogen-bond donors (Lipinski definition) is 1. The van der Waals surface area contributed by atoms with Crippen molar-refractivity contribution in [1.82, 2.24) is 0 Å². The van der Waals surface area contributed by atoms with Gasteiger partial charge in [-0.3, -0.25) is 0 Å². The van der Waals surface area contributed by atoms with Crippen molar-refractivity contribution in [1.29, 1.82) is 0 Å². The molecule has 0 aliphatic heterocycles. The van der Waals surface area contributed by atoms with Crippen LogP contribution in [0.25, 0.3) is 0 Å². The van der Waals surface area contributed by atoms with E-state index in [9.17, 15) is 0 Å². The third-order valence-corrected chi connectivity index (χ3v) is 2.07. The molecule has 2 atom stereocenters. The second-order valence-electron chi connectivity index (χ2n) is 3.06. The average molecular weight is 153 g/mol. The molecule has 2 unspecified atom stereocenters. The number of rotatable bonds is 2. The highest BCUT2D eigenvalue weighted by Crippen LogP contribution is 2.19. The summed E-state index contributed by atoms with van der Waals surface area (Å²) in [6.07, 6.45) is 9.79. The Bertz CT molecular complexity index is 150. The summed E-state index contributed by atoms with van der Waals surface area (Å²) < 4.78 is 5.39. The molecule has 0 saturated heterocycles. The van der Waals surface area contributed by atoms with Crippen LogP contribution in [0, 0.1) is 12.3 Å². The lowest BCUT2D eigenvalue weighted by Crippen LogP contribution is -2.32. The smallest absolute Gasteiger partial charge is 0.107 e. The van der Waals surface area contributed by atoms with Crippen LogP contribution in [-0.4, -0.2) is 18.8 Å². The molecule has 0 aromatic carbocycles. The lowest BCUT2D eigenvalue weighted by molar-refractivity contribution is 0.0441. The van der Waals surface area contributed by atoms with E-state index in [1.165, 1.54) is 6.42 Å². The maximum absolute atomic E-state index is 5.77. The molecule has 0 radical (unpaired) electrons. The van der Waals surface area contributed by atoms with Gasteiger partial charge >= 0.3 is 0 Å². The van der Waals surface area contributed by atoms with E-state index in [2.05, 4.69) is 5.92 Å². The first-order chi connectivity index (χ1) is 5.33. The summed E-state index contributed by atoms with van der Waals surface area (Å²) in [7, 11) is 0. The van der Waals surface area contributed by atoms with Gasteiger partial charge in [0.05, 0.1) is 6.10 Å². The number of terminal acetylenes is 1. The molecule has 0 amide bonds. The van der Waals surface area contributed by atoms with Crippen LogP contribution in [0.1, 0.15) is 25.7 Å². The third kappa shape index (κ3) is 2.92. The zero-order valence-electron chi connectivity index (χ0n) is 6.75. The number of hydrogen-bond acceptors (Lipinski definition) is 2. The largest absolute Gasteiger partial charge is 0.366 e. The van der Waals surface area contributed by atoms with Gasteiger partial charge in [-0.15, -0.1) is 6.42 Å². The van der Waals surface area contributed by atoms with Gasteiger partial charge in [0, 0.05) is 6.04 Å². The fraction of sp³-hybridized carbons (Fsp3) is 0.778. The molecule has 2 heteroatoms. The Hall–Kier alpha value is -0.520. The maximum atomic E-state index is 5.77. The molecule has 1 saturated carbocycles. The van der Waals surface area contributed by atoms with Crippen LogP contribution in [0.2, 0.25) is 0 Å². The lowest BCUT2D eigenvalue weighted by Gasteiger charge is -2.25. The summed E-state index contributed by atoms with van der Waals surface area (Å²) in [5.41, 5.74) is 5.77. The SMILES string of the molecule is C#CCOC1CCCC(N)C1. The van der Waals surface area contributed by atoms with Crippen molar-refractivity contribution in [3.05, 3.63) is 0 Å². The number of ether oxygens (including phenoxy) is 1. The molecule has 0 bridgehead atoms. The van der Waals surface area contributed by atoms with Gasteiger partial charge in [0.25, 0.3) is 0 Å². The minimum atomic E-state index is 0.315. The number of nitrogens with two attached hydrogens (primary N) is 1. The monoisotopic (exact) mass is 153 g/mol.